The second kappa shape index (κ2) is 8.27. The van der Waals surface area contributed by atoms with E-state index in [1.807, 2.05) is 23.9 Å². The molecule has 2 rings (SSSR count). The lowest BCUT2D eigenvalue weighted by Crippen LogP contribution is -2.29. The van der Waals surface area contributed by atoms with E-state index in [9.17, 15) is 4.79 Å². The maximum Gasteiger partial charge on any atom is 0.251 e. The van der Waals surface area contributed by atoms with Gasteiger partial charge in [0.15, 0.2) is 0 Å². The Morgan fingerprint density at radius 2 is 2.29 bits per heavy atom. The molecule has 0 saturated carbocycles. The topological polar surface area (TPSA) is 54.0 Å². The number of aryl methyl sites for hydroxylation is 1. The maximum atomic E-state index is 12.3. The zero-order valence-electron chi connectivity index (χ0n) is 12.9. The van der Waals surface area contributed by atoms with Crippen molar-refractivity contribution in [3.63, 3.8) is 0 Å². The number of hydrogen-bond acceptors (Lipinski definition) is 4. The Kier molecular flexibility index (Phi) is 6.36. The van der Waals surface area contributed by atoms with Gasteiger partial charge in [0.05, 0.1) is 0 Å². The standard InChI is InChI=1S/C16H25N3OS/c1-3-6-17-15-9-13(8-14(4-2)19-15)16(20)18-10-12-5-7-21-11-12/h8-9,12H,3-7,10-11H2,1-2H3,(H,17,19)(H,18,20). The zero-order chi connectivity index (χ0) is 15.1. The molecule has 1 aliphatic heterocycles. The molecule has 1 amide bonds. The van der Waals surface area contributed by atoms with Crippen LogP contribution >= 0.6 is 11.8 Å². The molecule has 4 nitrogen and oxygen atoms in total. The van der Waals surface area contributed by atoms with Crippen LogP contribution in [0.25, 0.3) is 0 Å². The van der Waals surface area contributed by atoms with Crippen LogP contribution < -0.4 is 10.6 Å². The summed E-state index contributed by atoms with van der Waals surface area (Å²) in [5.74, 6) is 3.84. The fourth-order valence-corrected chi connectivity index (χ4v) is 3.61. The minimum atomic E-state index is 0.0172. The van der Waals surface area contributed by atoms with E-state index in [4.69, 9.17) is 0 Å². The summed E-state index contributed by atoms with van der Waals surface area (Å²) in [4.78, 5) is 16.8. The number of carbonyl (C=O) groups excluding carboxylic acids is 1. The predicted octanol–water partition coefficient (Wildman–Crippen LogP) is 2.95. The summed E-state index contributed by atoms with van der Waals surface area (Å²) in [6.07, 6.45) is 3.09. The maximum absolute atomic E-state index is 12.3. The molecule has 5 heteroatoms. The van der Waals surface area contributed by atoms with Crippen LogP contribution in [0.5, 0.6) is 0 Å². The SMILES string of the molecule is CCCNc1cc(C(=O)NCC2CCSC2)cc(CC)n1. The highest BCUT2D eigenvalue weighted by atomic mass is 32.2. The van der Waals surface area contributed by atoms with E-state index in [1.54, 1.807) is 0 Å². The molecule has 2 heterocycles. The molecule has 1 saturated heterocycles. The highest BCUT2D eigenvalue weighted by Gasteiger charge is 2.17. The Bertz CT molecular complexity index is 473. The van der Waals surface area contributed by atoms with Crippen molar-refractivity contribution in [1.29, 1.82) is 0 Å². The molecule has 1 aromatic rings. The van der Waals surface area contributed by atoms with Crippen LogP contribution in [-0.4, -0.2) is 35.5 Å². The number of rotatable bonds is 7. The van der Waals surface area contributed by atoms with Crippen LogP contribution in [-0.2, 0) is 6.42 Å². The van der Waals surface area contributed by atoms with Gasteiger partial charge in [0.1, 0.15) is 5.82 Å². The fraction of sp³-hybridized carbons (Fsp3) is 0.625. The van der Waals surface area contributed by atoms with Gasteiger partial charge >= 0.3 is 0 Å². The van der Waals surface area contributed by atoms with Gasteiger partial charge in [-0.3, -0.25) is 4.79 Å². The highest BCUT2D eigenvalue weighted by Crippen LogP contribution is 2.22. The molecule has 0 spiro atoms. The van der Waals surface area contributed by atoms with Crippen LogP contribution in [0, 0.1) is 5.92 Å². The molecule has 116 valence electrons. The van der Waals surface area contributed by atoms with E-state index in [-0.39, 0.29) is 5.91 Å². The molecule has 0 bridgehead atoms. The Balaban J connectivity index is 2.00. The number of thioether (sulfide) groups is 1. The molecule has 1 atom stereocenters. The predicted molar refractivity (Wildman–Crippen MR) is 90.2 cm³/mol. The van der Waals surface area contributed by atoms with Crippen molar-refractivity contribution in [3.8, 4) is 0 Å². The third-order valence-electron chi connectivity index (χ3n) is 3.63. The van der Waals surface area contributed by atoms with Gasteiger partial charge in [-0.1, -0.05) is 13.8 Å². The average molecular weight is 307 g/mol. The molecule has 1 aromatic heterocycles. The summed E-state index contributed by atoms with van der Waals surface area (Å²) in [7, 11) is 0. The van der Waals surface area contributed by atoms with Crippen molar-refractivity contribution in [2.24, 2.45) is 5.92 Å². The van der Waals surface area contributed by atoms with E-state index in [0.29, 0.717) is 11.5 Å². The Morgan fingerprint density at radius 3 is 2.95 bits per heavy atom. The Morgan fingerprint density at radius 1 is 1.43 bits per heavy atom. The zero-order valence-corrected chi connectivity index (χ0v) is 13.8. The van der Waals surface area contributed by atoms with Crippen LogP contribution in [0.4, 0.5) is 5.82 Å². The van der Waals surface area contributed by atoms with Gasteiger partial charge < -0.3 is 10.6 Å². The molecule has 0 aliphatic carbocycles. The molecule has 21 heavy (non-hydrogen) atoms. The number of pyridine rings is 1. The summed E-state index contributed by atoms with van der Waals surface area (Å²) in [5.41, 5.74) is 1.67. The third-order valence-corrected chi connectivity index (χ3v) is 4.87. The first-order valence-electron chi connectivity index (χ1n) is 7.83. The smallest absolute Gasteiger partial charge is 0.251 e. The average Bonchev–Trinajstić information content (AvgIpc) is 3.03. The quantitative estimate of drug-likeness (QED) is 0.813. The lowest BCUT2D eigenvalue weighted by molar-refractivity contribution is 0.0948. The van der Waals surface area contributed by atoms with E-state index in [0.717, 1.165) is 37.4 Å². The summed E-state index contributed by atoms with van der Waals surface area (Å²) >= 11 is 1.98. The first-order chi connectivity index (χ1) is 10.2. The molecule has 1 unspecified atom stereocenters. The first-order valence-corrected chi connectivity index (χ1v) is 8.99. The van der Waals surface area contributed by atoms with Gasteiger partial charge in [-0.05, 0) is 48.8 Å². The number of amides is 1. The minimum Gasteiger partial charge on any atom is -0.370 e. The van der Waals surface area contributed by atoms with Gasteiger partial charge in [-0.15, -0.1) is 0 Å². The normalized spacial score (nSPS) is 17.7. The first kappa shape index (κ1) is 16.1. The van der Waals surface area contributed by atoms with Gasteiger partial charge in [-0.2, -0.15) is 11.8 Å². The van der Waals surface area contributed by atoms with E-state index in [2.05, 4.69) is 29.5 Å². The number of nitrogens with zero attached hydrogens (tertiary/aromatic N) is 1. The van der Waals surface area contributed by atoms with Crippen molar-refractivity contribution in [2.45, 2.75) is 33.1 Å². The van der Waals surface area contributed by atoms with Gasteiger partial charge in [0.25, 0.3) is 5.91 Å². The minimum absolute atomic E-state index is 0.0172. The van der Waals surface area contributed by atoms with Crippen molar-refractivity contribution >= 4 is 23.5 Å². The molecule has 2 N–H and O–H groups in total. The van der Waals surface area contributed by atoms with Gasteiger partial charge in [0, 0.05) is 24.3 Å². The molecule has 1 fully saturated rings. The number of nitrogens with one attached hydrogen (secondary N) is 2. The fourth-order valence-electron chi connectivity index (χ4n) is 2.33. The second-order valence-corrected chi connectivity index (χ2v) is 6.60. The van der Waals surface area contributed by atoms with Crippen molar-refractivity contribution in [1.82, 2.24) is 10.3 Å². The molecular formula is C16H25N3OS. The molecular weight excluding hydrogens is 282 g/mol. The van der Waals surface area contributed by atoms with E-state index >= 15 is 0 Å². The Labute approximate surface area is 131 Å². The van der Waals surface area contributed by atoms with Crippen LogP contribution in [0.15, 0.2) is 12.1 Å². The summed E-state index contributed by atoms with van der Waals surface area (Å²) < 4.78 is 0. The monoisotopic (exact) mass is 307 g/mol. The lowest BCUT2D eigenvalue weighted by atomic mass is 10.1. The van der Waals surface area contributed by atoms with Crippen LogP contribution in [0.1, 0.15) is 42.7 Å². The summed E-state index contributed by atoms with van der Waals surface area (Å²) in [6.45, 7) is 5.83. The summed E-state index contributed by atoms with van der Waals surface area (Å²) in [6, 6.07) is 3.75. The Hall–Kier alpha value is -1.23. The van der Waals surface area contributed by atoms with Crippen molar-refractivity contribution in [2.75, 3.05) is 29.9 Å². The number of hydrogen-bond donors (Lipinski definition) is 2. The van der Waals surface area contributed by atoms with Crippen LogP contribution in [0.2, 0.25) is 0 Å². The molecule has 0 radical (unpaired) electrons. The molecule has 1 aliphatic rings. The second-order valence-electron chi connectivity index (χ2n) is 5.45. The van der Waals surface area contributed by atoms with E-state index in [1.165, 1.54) is 17.9 Å². The molecule has 0 aromatic carbocycles. The van der Waals surface area contributed by atoms with Gasteiger partial charge in [-0.25, -0.2) is 4.98 Å². The summed E-state index contributed by atoms with van der Waals surface area (Å²) in [5, 5.41) is 6.33. The van der Waals surface area contributed by atoms with Crippen LogP contribution in [0.3, 0.4) is 0 Å². The highest BCUT2D eigenvalue weighted by molar-refractivity contribution is 7.99. The van der Waals surface area contributed by atoms with Gasteiger partial charge in [0.2, 0.25) is 0 Å². The van der Waals surface area contributed by atoms with E-state index < -0.39 is 0 Å². The number of aromatic nitrogens is 1. The number of carbonyl (C=O) groups is 1. The van der Waals surface area contributed by atoms with Crippen molar-refractivity contribution < 1.29 is 4.79 Å². The lowest BCUT2D eigenvalue weighted by Gasteiger charge is -2.12. The van der Waals surface area contributed by atoms with Crippen molar-refractivity contribution in [3.05, 3.63) is 23.4 Å². The third kappa shape index (κ3) is 4.92. The largest absolute Gasteiger partial charge is 0.370 e. The number of anilines is 1.